The van der Waals surface area contributed by atoms with Crippen LogP contribution in [0.15, 0.2) is 84.9 Å². The lowest BCUT2D eigenvalue weighted by molar-refractivity contribution is -0.147. The number of nitrogens with zero attached hydrogens (tertiary/aromatic N) is 1. The van der Waals surface area contributed by atoms with Crippen molar-refractivity contribution in [2.24, 2.45) is 0 Å². The van der Waals surface area contributed by atoms with E-state index in [1.54, 1.807) is 12.1 Å². The van der Waals surface area contributed by atoms with Crippen LogP contribution in [0.2, 0.25) is 0 Å². The van der Waals surface area contributed by atoms with Crippen LogP contribution < -0.4 is 5.32 Å². The van der Waals surface area contributed by atoms with Gasteiger partial charge in [-0.3, -0.25) is 9.59 Å². The number of aliphatic hydroxyl groups excluding tert-OH is 2. The first-order valence-electron chi connectivity index (χ1n) is 14.7. The van der Waals surface area contributed by atoms with Gasteiger partial charge in [0.05, 0.1) is 29.9 Å². The Morgan fingerprint density at radius 2 is 1.50 bits per heavy atom. The van der Waals surface area contributed by atoms with E-state index in [2.05, 4.69) is 5.32 Å². The first-order chi connectivity index (χ1) is 21.0. The van der Waals surface area contributed by atoms with E-state index in [-0.39, 0.29) is 43.4 Å². The van der Waals surface area contributed by atoms with Gasteiger partial charge in [0.25, 0.3) is 5.91 Å². The summed E-state index contributed by atoms with van der Waals surface area (Å²) in [5, 5.41) is 24.4. The van der Waals surface area contributed by atoms with Crippen molar-refractivity contribution >= 4 is 29.2 Å². The Balaban J connectivity index is 1.80. The number of amides is 1. The molecule has 0 spiro atoms. The summed E-state index contributed by atoms with van der Waals surface area (Å²) in [6.45, 7) is 5.78. The lowest BCUT2D eigenvalue weighted by atomic mass is 9.94. The number of ether oxygens (including phenoxy) is 1. The Labute approximate surface area is 262 Å². The normalized spacial score (nSPS) is 13.4. The molecule has 0 bridgehead atoms. The number of aliphatic hydroxyl groups is 2. The zero-order valence-corrected chi connectivity index (χ0v) is 25.8. The van der Waals surface area contributed by atoms with Crippen molar-refractivity contribution in [3.8, 4) is 22.4 Å². The molecule has 0 fully saturated rings. The molecule has 232 valence electrons. The van der Waals surface area contributed by atoms with Crippen molar-refractivity contribution in [2.45, 2.75) is 70.3 Å². The number of hydrogen-bond acceptors (Lipinski definition) is 5. The Morgan fingerprint density at radius 3 is 2.09 bits per heavy atom. The molecule has 0 aliphatic heterocycles. The van der Waals surface area contributed by atoms with E-state index in [0.29, 0.717) is 28.1 Å². The highest BCUT2D eigenvalue weighted by Crippen LogP contribution is 2.42. The number of carbonyl (C=O) groups excluding carboxylic acids is 2. The molecule has 0 aliphatic carbocycles. The van der Waals surface area contributed by atoms with Crippen molar-refractivity contribution in [1.29, 1.82) is 0 Å². The summed E-state index contributed by atoms with van der Waals surface area (Å²) < 4.78 is 21.0. The van der Waals surface area contributed by atoms with Crippen LogP contribution in [0.25, 0.3) is 22.4 Å². The molecule has 0 unspecified atom stereocenters. The summed E-state index contributed by atoms with van der Waals surface area (Å²) in [7, 11) is 0. The van der Waals surface area contributed by atoms with E-state index in [4.69, 9.17) is 16.3 Å². The van der Waals surface area contributed by atoms with Gasteiger partial charge in [-0.1, -0.05) is 74.0 Å². The lowest BCUT2D eigenvalue weighted by Crippen LogP contribution is -2.24. The van der Waals surface area contributed by atoms with E-state index in [0.717, 1.165) is 11.3 Å². The number of carbonyl (C=O) groups is 2. The Morgan fingerprint density at radius 1 is 0.886 bits per heavy atom. The molecule has 0 saturated carbocycles. The Bertz CT molecular complexity index is 1540. The monoisotopic (exact) mass is 620 g/mol. The number of rotatable bonds is 13. The van der Waals surface area contributed by atoms with E-state index in [9.17, 15) is 24.2 Å². The van der Waals surface area contributed by atoms with Crippen molar-refractivity contribution in [1.82, 2.24) is 4.57 Å². The van der Waals surface area contributed by atoms with Crippen LogP contribution >= 0.6 is 11.6 Å². The largest absolute Gasteiger partial charge is 0.446 e. The number of aromatic nitrogens is 1. The second-order valence-electron chi connectivity index (χ2n) is 11.1. The van der Waals surface area contributed by atoms with Crippen LogP contribution in [0.4, 0.5) is 10.1 Å². The zero-order valence-electron chi connectivity index (χ0n) is 25.0. The number of halogens is 2. The highest BCUT2D eigenvalue weighted by atomic mass is 35.5. The van der Waals surface area contributed by atoms with Crippen LogP contribution in [0.1, 0.15) is 62.0 Å². The molecule has 0 aliphatic rings. The summed E-state index contributed by atoms with van der Waals surface area (Å²) in [5.74, 6) is -1.44. The summed E-state index contributed by atoms with van der Waals surface area (Å²) in [4.78, 5) is 26.0. The van der Waals surface area contributed by atoms with Gasteiger partial charge in [0.15, 0.2) is 5.56 Å². The molecule has 3 atom stereocenters. The predicted octanol–water partition coefficient (Wildman–Crippen LogP) is 7.36. The van der Waals surface area contributed by atoms with E-state index in [1.165, 1.54) is 19.1 Å². The van der Waals surface area contributed by atoms with E-state index in [1.807, 2.05) is 79.1 Å². The molecule has 7 nitrogen and oxygen atoms in total. The van der Waals surface area contributed by atoms with Crippen molar-refractivity contribution < 1.29 is 28.9 Å². The van der Waals surface area contributed by atoms with Gasteiger partial charge in [0.1, 0.15) is 5.82 Å². The molecule has 44 heavy (non-hydrogen) atoms. The number of para-hydroxylation sites is 1. The molecule has 9 heteroatoms. The smallest absolute Gasteiger partial charge is 0.309 e. The molecule has 1 heterocycles. The average molecular weight is 621 g/mol. The minimum Gasteiger partial charge on any atom is -0.446 e. The van der Waals surface area contributed by atoms with Crippen molar-refractivity contribution in [2.75, 3.05) is 5.32 Å². The molecule has 3 aromatic carbocycles. The fourth-order valence-corrected chi connectivity index (χ4v) is 5.52. The third-order valence-corrected chi connectivity index (χ3v) is 7.30. The Hall–Kier alpha value is -3.98. The van der Waals surface area contributed by atoms with E-state index < -0.39 is 23.7 Å². The second-order valence-corrected chi connectivity index (χ2v) is 11.7. The maximum atomic E-state index is 14.1. The predicted molar refractivity (Wildman–Crippen MR) is 171 cm³/mol. The highest BCUT2D eigenvalue weighted by Gasteiger charge is 2.31. The third kappa shape index (κ3) is 8.34. The number of alkyl halides is 1. The topological polar surface area (TPSA) is 101 Å². The van der Waals surface area contributed by atoms with Crippen LogP contribution in [0.3, 0.4) is 0 Å². The van der Waals surface area contributed by atoms with Crippen LogP contribution in [0.5, 0.6) is 0 Å². The van der Waals surface area contributed by atoms with Gasteiger partial charge < -0.3 is 24.8 Å². The molecule has 0 radical (unpaired) electrons. The molecule has 3 N–H and O–H groups in total. The number of esters is 1. The SMILES string of the molecule is CC(C)c1c(C(=O)Nc2ccccc2)c(-c2ccccc2)c(-c2ccc(F)cc2)n1CC[C@@H](O)C[C@@H](O)CC(=O)O[C@H](C)Cl. The van der Waals surface area contributed by atoms with Gasteiger partial charge >= 0.3 is 5.97 Å². The highest BCUT2D eigenvalue weighted by molar-refractivity contribution is 6.20. The molecule has 4 aromatic rings. The first kappa shape index (κ1) is 32.9. The number of hydrogen-bond donors (Lipinski definition) is 3. The van der Waals surface area contributed by atoms with Crippen LogP contribution in [-0.2, 0) is 16.1 Å². The van der Waals surface area contributed by atoms with Gasteiger partial charge in [0.2, 0.25) is 0 Å². The zero-order chi connectivity index (χ0) is 31.8. The summed E-state index contributed by atoms with van der Waals surface area (Å²) in [6, 6.07) is 24.9. The first-order valence-corrected chi connectivity index (χ1v) is 15.1. The fourth-order valence-electron chi connectivity index (χ4n) is 5.42. The Kier molecular flexibility index (Phi) is 11.3. The van der Waals surface area contributed by atoms with Gasteiger partial charge in [-0.05, 0) is 73.2 Å². The van der Waals surface area contributed by atoms with Crippen molar-refractivity contribution in [3.05, 3.63) is 102 Å². The summed E-state index contributed by atoms with van der Waals surface area (Å²) in [5.41, 5.74) is 4.00. The van der Waals surface area contributed by atoms with Gasteiger partial charge in [0, 0.05) is 23.5 Å². The maximum absolute atomic E-state index is 14.1. The summed E-state index contributed by atoms with van der Waals surface area (Å²) in [6.07, 6.45) is -2.21. The maximum Gasteiger partial charge on any atom is 0.309 e. The summed E-state index contributed by atoms with van der Waals surface area (Å²) >= 11 is 5.69. The average Bonchev–Trinajstić information content (AvgIpc) is 3.32. The molecule has 4 rings (SSSR count). The van der Waals surface area contributed by atoms with Gasteiger partial charge in [-0.15, -0.1) is 0 Å². The second kappa shape index (κ2) is 15.1. The molecule has 0 saturated heterocycles. The number of benzene rings is 3. The molecule has 1 amide bonds. The van der Waals surface area contributed by atoms with Crippen molar-refractivity contribution in [3.63, 3.8) is 0 Å². The standard InChI is InChI=1S/C35H38ClFN2O5/c1-22(2)33-32(35(43)38-27-12-8-5-9-13-27)31(24-10-6-4-7-11-24)34(25-14-16-26(37)17-15-25)39(33)19-18-28(40)20-29(41)21-30(42)44-23(3)36/h4-17,22-23,28-29,40-41H,18-21H2,1-3H3,(H,38,43)/t23-,28-,29-/m1/s1. The fraction of sp³-hybridized carbons (Fsp3) is 0.314. The minimum atomic E-state index is -1.12. The number of nitrogens with one attached hydrogen (secondary N) is 1. The third-order valence-electron chi connectivity index (χ3n) is 7.22. The quantitative estimate of drug-likeness (QED) is 0.107. The van der Waals surface area contributed by atoms with Crippen LogP contribution in [0, 0.1) is 5.82 Å². The molecule has 1 aromatic heterocycles. The van der Waals surface area contributed by atoms with Gasteiger partial charge in [-0.25, -0.2) is 4.39 Å². The van der Waals surface area contributed by atoms with E-state index >= 15 is 0 Å². The number of anilines is 1. The van der Waals surface area contributed by atoms with Crippen LogP contribution in [-0.4, -0.2) is 44.4 Å². The molecular formula is C35H38ClFN2O5. The lowest BCUT2D eigenvalue weighted by Gasteiger charge is -2.20. The molecular weight excluding hydrogens is 583 g/mol. The minimum absolute atomic E-state index is 0.0528. The van der Waals surface area contributed by atoms with Gasteiger partial charge in [-0.2, -0.15) is 0 Å².